The average Bonchev–Trinajstić information content (AvgIpc) is 1.85. The smallest absolute Gasteiger partial charge is 0.0102 e. The molecule has 1 aromatic rings. The van der Waals surface area contributed by atoms with Crippen LogP contribution in [0.2, 0.25) is 0 Å². The summed E-state index contributed by atoms with van der Waals surface area (Å²) in [6, 6.07) is 3.19. The highest BCUT2D eigenvalue weighted by molar-refractivity contribution is 7.30. The maximum absolute atomic E-state index is 3.19. The lowest BCUT2D eigenvalue weighted by molar-refractivity contribution is 1.64. The Labute approximate surface area is 56.1 Å². The van der Waals surface area contributed by atoms with Crippen LogP contribution in [0.4, 0.5) is 0 Å². The fourth-order valence-corrected chi connectivity index (χ4v) is 1.87. The number of aryl methyl sites for hydroxylation is 2. The van der Waals surface area contributed by atoms with Crippen molar-refractivity contribution in [3.05, 3.63) is 15.8 Å². The van der Waals surface area contributed by atoms with E-state index in [-0.39, 0.29) is 0 Å². The fourth-order valence-electron chi connectivity index (χ4n) is 0.588. The van der Waals surface area contributed by atoms with Gasteiger partial charge in [0.1, 0.15) is 0 Å². The molecule has 0 saturated carbocycles. The number of rotatable bonds is 0. The molecule has 1 atom stereocenters. The molecule has 0 nitrogen and oxygen atoms in total. The minimum atomic E-state index is 1.22. The van der Waals surface area contributed by atoms with Crippen molar-refractivity contribution in [3.63, 3.8) is 0 Å². The van der Waals surface area contributed by atoms with E-state index in [2.05, 4.69) is 29.2 Å². The van der Waals surface area contributed by atoms with E-state index >= 15 is 0 Å². The normalized spacial score (nSPS) is 9.88. The van der Waals surface area contributed by atoms with Crippen LogP contribution in [0.1, 0.15) is 9.75 Å². The van der Waals surface area contributed by atoms with Crippen LogP contribution in [-0.4, -0.2) is 0 Å². The minimum absolute atomic E-state index is 1.22. The van der Waals surface area contributed by atoms with Gasteiger partial charge < -0.3 is 0 Å². The molecule has 0 fully saturated rings. The van der Waals surface area contributed by atoms with Gasteiger partial charge in [0, 0.05) is 15.8 Å². The van der Waals surface area contributed by atoms with Gasteiger partial charge in [-0.2, -0.15) is 0 Å². The van der Waals surface area contributed by atoms with Gasteiger partial charge in [0.2, 0.25) is 0 Å². The molecule has 1 heterocycles. The summed E-state index contributed by atoms with van der Waals surface area (Å²) in [5.41, 5.74) is 0. The third-order valence-corrected chi connectivity index (χ3v) is 2.72. The lowest BCUT2D eigenvalue weighted by Crippen LogP contribution is -1.85. The van der Waals surface area contributed by atoms with Crippen molar-refractivity contribution >= 4 is 25.9 Å². The molecule has 1 unspecified atom stereocenters. The van der Waals surface area contributed by atoms with Crippen LogP contribution in [0.3, 0.4) is 0 Å². The fraction of sp³-hybridized carbons (Fsp3) is 0.333. The lowest BCUT2D eigenvalue weighted by Gasteiger charge is -1.79. The van der Waals surface area contributed by atoms with Crippen LogP contribution in [0, 0.1) is 19.9 Å². The standard InChI is InChI=1S/C6H8PS/c1-4-3-6(7)5(2)8-4/h7H2,1-2H3. The number of hydrogen-bond acceptors (Lipinski definition) is 1. The van der Waals surface area contributed by atoms with Gasteiger partial charge in [-0.25, -0.2) is 0 Å². The van der Waals surface area contributed by atoms with Crippen LogP contribution in [0.25, 0.3) is 0 Å². The summed E-state index contributed by atoms with van der Waals surface area (Å²) in [6.45, 7) is 4.18. The second kappa shape index (κ2) is 2.16. The summed E-state index contributed by atoms with van der Waals surface area (Å²) >= 11 is 1.79. The minimum Gasteiger partial charge on any atom is -0.145 e. The maximum Gasteiger partial charge on any atom is 0.0102 e. The molecule has 0 aliphatic heterocycles. The van der Waals surface area contributed by atoms with Crippen molar-refractivity contribution in [2.24, 2.45) is 0 Å². The van der Waals surface area contributed by atoms with Gasteiger partial charge in [0.05, 0.1) is 0 Å². The molecule has 0 aromatic carbocycles. The highest BCUT2D eigenvalue weighted by atomic mass is 32.1. The highest BCUT2D eigenvalue weighted by Crippen LogP contribution is 2.12. The molecule has 1 aromatic heterocycles. The molecule has 0 aliphatic rings. The van der Waals surface area contributed by atoms with Crippen LogP contribution >= 0.6 is 20.6 Å². The quantitative estimate of drug-likeness (QED) is 0.484. The Morgan fingerprint density at radius 3 is 2.25 bits per heavy atom. The summed E-state index contributed by atoms with van der Waals surface area (Å²) < 4.78 is 0. The van der Waals surface area contributed by atoms with E-state index in [1.807, 2.05) is 0 Å². The third kappa shape index (κ3) is 1.10. The Morgan fingerprint density at radius 2 is 2.12 bits per heavy atom. The molecule has 0 spiro atoms. The molecule has 0 amide bonds. The molecule has 1 radical (unpaired) electrons. The maximum atomic E-state index is 3.19. The second-order valence-electron chi connectivity index (χ2n) is 1.75. The Bertz CT molecular complexity index is 171. The van der Waals surface area contributed by atoms with Gasteiger partial charge in [0.25, 0.3) is 0 Å². The van der Waals surface area contributed by atoms with Crippen molar-refractivity contribution in [1.82, 2.24) is 0 Å². The average molecular weight is 143 g/mol. The first-order chi connectivity index (χ1) is 3.70. The van der Waals surface area contributed by atoms with Crippen molar-refractivity contribution in [2.45, 2.75) is 13.8 Å². The Morgan fingerprint density at radius 1 is 1.50 bits per heavy atom. The van der Waals surface area contributed by atoms with E-state index in [4.69, 9.17) is 0 Å². The molecular formula is C6H8PS. The Balaban J connectivity index is 3.14. The van der Waals surface area contributed by atoms with Gasteiger partial charge in [-0.1, -0.05) is 0 Å². The second-order valence-corrected chi connectivity index (χ2v) is 3.76. The Hall–Kier alpha value is 0.130. The monoisotopic (exact) mass is 143 g/mol. The predicted octanol–water partition coefficient (Wildman–Crippen LogP) is 1.67. The number of hydrogen-bond donors (Lipinski definition) is 0. The SMILES string of the molecule is Cc1[c]c(P)c(C)s1. The topological polar surface area (TPSA) is 0 Å². The predicted molar refractivity (Wildman–Crippen MR) is 42.0 cm³/mol. The molecule has 0 N–H and O–H groups in total. The van der Waals surface area contributed by atoms with Gasteiger partial charge in [0.15, 0.2) is 0 Å². The van der Waals surface area contributed by atoms with E-state index in [1.165, 1.54) is 15.1 Å². The molecule has 2 heteroatoms. The molecule has 8 heavy (non-hydrogen) atoms. The van der Waals surface area contributed by atoms with Crippen LogP contribution in [-0.2, 0) is 0 Å². The molecule has 0 saturated heterocycles. The first kappa shape index (κ1) is 6.25. The molecule has 1 rings (SSSR count). The first-order valence-electron chi connectivity index (χ1n) is 2.45. The summed E-state index contributed by atoms with van der Waals surface area (Å²) in [5, 5.41) is 1.22. The van der Waals surface area contributed by atoms with Gasteiger partial charge >= 0.3 is 0 Å². The van der Waals surface area contributed by atoms with Gasteiger partial charge in [-0.05, 0) is 19.2 Å². The van der Waals surface area contributed by atoms with Crippen molar-refractivity contribution < 1.29 is 0 Å². The third-order valence-electron chi connectivity index (χ3n) is 0.996. The molecule has 0 bridgehead atoms. The van der Waals surface area contributed by atoms with E-state index in [1.54, 1.807) is 11.3 Å². The lowest BCUT2D eigenvalue weighted by atomic mass is 10.4. The van der Waals surface area contributed by atoms with E-state index in [0.717, 1.165) is 0 Å². The summed E-state index contributed by atoms with van der Waals surface area (Å²) in [5.74, 6) is 0. The molecular weight excluding hydrogens is 135 g/mol. The molecule has 0 aliphatic carbocycles. The molecule has 43 valence electrons. The summed E-state index contributed by atoms with van der Waals surface area (Å²) in [4.78, 5) is 2.63. The Kier molecular flexibility index (Phi) is 1.69. The van der Waals surface area contributed by atoms with E-state index < -0.39 is 0 Å². The van der Waals surface area contributed by atoms with E-state index in [0.29, 0.717) is 0 Å². The van der Waals surface area contributed by atoms with Crippen molar-refractivity contribution in [1.29, 1.82) is 0 Å². The zero-order chi connectivity index (χ0) is 6.15. The van der Waals surface area contributed by atoms with Crippen LogP contribution in [0.5, 0.6) is 0 Å². The van der Waals surface area contributed by atoms with E-state index in [9.17, 15) is 0 Å². The number of thiophene rings is 1. The zero-order valence-electron chi connectivity index (χ0n) is 4.99. The first-order valence-corrected chi connectivity index (χ1v) is 3.84. The zero-order valence-corrected chi connectivity index (χ0v) is 6.96. The van der Waals surface area contributed by atoms with Gasteiger partial charge in [-0.3, -0.25) is 0 Å². The van der Waals surface area contributed by atoms with Gasteiger partial charge in [-0.15, -0.1) is 20.6 Å². The summed E-state index contributed by atoms with van der Waals surface area (Å²) in [6.07, 6.45) is 0. The van der Waals surface area contributed by atoms with Crippen LogP contribution < -0.4 is 5.30 Å². The van der Waals surface area contributed by atoms with Crippen molar-refractivity contribution in [2.75, 3.05) is 0 Å². The van der Waals surface area contributed by atoms with Crippen molar-refractivity contribution in [3.8, 4) is 0 Å². The summed E-state index contributed by atoms with van der Waals surface area (Å²) in [7, 11) is 2.66. The van der Waals surface area contributed by atoms with Crippen LogP contribution in [0.15, 0.2) is 0 Å². The largest absolute Gasteiger partial charge is 0.145 e. The highest BCUT2D eigenvalue weighted by Gasteiger charge is 1.94.